The lowest BCUT2D eigenvalue weighted by Gasteiger charge is -2.06. The van der Waals surface area contributed by atoms with E-state index in [2.05, 4.69) is 20.8 Å². The fraction of sp³-hybridized carbons (Fsp3) is 0.462. The van der Waals surface area contributed by atoms with Crippen molar-refractivity contribution in [1.29, 1.82) is 0 Å². The molecule has 120 valence electrons. The number of ether oxygens (including phenoxy) is 1. The van der Waals surface area contributed by atoms with Crippen LogP contribution < -0.4 is 16.2 Å². The third-order valence-electron chi connectivity index (χ3n) is 2.51. The average molecular weight is 310 g/mol. The quantitative estimate of drug-likeness (QED) is 0.415. The summed E-state index contributed by atoms with van der Waals surface area (Å²) in [7, 11) is 0. The maximum absolute atomic E-state index is 11.6. The molecule has 0 aliphatic heterocycles. The van der Waals surface area contributed by atoms with Gasteiger partial charge in [0.15, 0.2) is 0 Å². The van der Waals surface area contributed by atoms with Crippen LogP contribution >= 0.6 is 0 Å². The monoisotopic (exact) mass is 310 g/mol. The van der Waals surface area contributed by atoms with Gasteiger partial charge in [-0.05, 0) is 13.0 Å². The zero-order valence-corrected chi connectivity index (χ0v) is 12.2. The van der Waals surface area contributed by atoms with Crippen molar-refractivity contribution >= 4 is 17.8 Å². The molecule has 1 aromatic rings. The molecule has 0 aliphatic carbocycles. The molecule has 9 heteroatoms. The third kappa shape index (κ3) is 6.64. The number of hydrogen-bond donors (Lipinski definition) is 3. The standard InChI is InChI=1S/C13H18N4O5/c1-2-22-12(20)6-5-10(18)14-7-8-15-13(21)9-3-4-11(19)17-16-9/h3-4H,2,5-8H2,1H3,(H,14,18)(H,15,21)(H,17,19). The molecule has 1 heterocycles. The molecule has 0 spiro atoms. The normalized spacial score (nSPS) is 9.86. The van der Waals surface area contributed by atoms with Crippen LogP contribution in [0.25, 0.3) is 0 Å². The van der Waals surface area contributed by atoms with Crippen molar-refractivity contribution in [3.8, 4) is 0 Å². The zero-order chi connectivity index (χ0) is 16.4. The van der Waals surface area contributed by atoms with Crippen molar-refractivity contribution in [2.45, 2.75) is 19.8 Å². The van der Waals surface area contributed by atoms with E-state index in [0.29, 0.717) is 0 Å². The van der Waals surface area contributed by atoms with Crippen LogP contribution in [-0.4, -0.2) is 47.7 Å². The summed E-state index contributed by atoms with van der Waals surface area (Å²) in [4.78, 5) is 44.9. The molecule has 1 rings (SSSR count). The van der Waals surface area contributed by atoms with E-state index >= 15 is 0 Å². The first-order valence-electron chi connectivity index (χ1n) is 6.79. The van der Waals surface area contributed by atoms with Crippen molar-refractivity contribution in [3.63, 3.8) is 0 Å². The fourth-order valence-corrected chi connectivity index (χ4v) is 1.48. The van der Waals surface area contributed by atoms with Crippen molar-refractivity contribution in [2.24, 2.45) is 0 Å². The molecular weight excluding hydrogens is 292 g/mol. The summed E-state index contributed by atoms with van der Waals surface area (Å²) in [6.45, 7) is 2.39. The topological polar surface area (TPSA) is 130 Å². The van der Waals surface area contributed by atoms with Gasteiger partial charge in [0.2, 0.25) is 5.91 Å². The first-order valence-corrected chi connectivity index (χ1v) is 6.79. The second kappa shape index (κ2) is 9.27. The lowest BCUT2D eigenvalue weighted by Crippen LogP contribution is -2.35. The van der Waals surface area contributed by atoms with Crippen LogP contribution in [0.4, 0.5) is 0 Å². The summed E-state index contributed by atoms with van der Waals surface area (Å²) in [5.41, 5.74) is -0.321. The van der Waals surface area contributed by atoms with E-state index in [1.807, 2.05) is 0 Å². The Balaban J connectivity index is 2.18. The molecule has 0 unspecified atom stereocenters. The van der Waals surface area contributed by atoms with Crippen LogP contribution in [0, 0.1) is 0 Å². The number of rotatable bonds is 8. The smallest absolute Gasteiger partial charge is 0.306 e. The lowest BCUT2D eigenvalue weighted by atomic mass is 10.3. The molecule has 0 saturated heterocycles. The molecule has 0 aromatic carbocycles. The fourth-order valence-electron chi connectivity index (χ4n) is 1.48. The number of hydrogen-bond acceptors (Lipinski definition) is 6. The number of carbonyl (C=O) groups is 3. The third-order valence-corrected chi connectivity index (χ3v) is 2.51. The summed E-state index contributed by atoms with van der Waals surface area (Å²) < 4.78 is 4.70. The number of nitrogens with one attached hydrogen (secondary N) is 3. The Bertz CT molecular complexity index is 564. The summed E-state index contributed by atoms with van der Waals surface area (Å²) >= 11 is 0. The predicted octanol–water partition coefficient (Wildman–Crippen LogP) is -1.04. The van der Waals surface area contributed by atoms with Crippen LogP contribution in [-0.2, 0) is 14.3 Å². The summed E-state index contributed by atoms with van der Waals surface area (Å²) in [6, 6.07) is 2.49. The minimum absolute atomic E-state index is 0.0212. The molecule has 22 heavy (non-hydrogen) atoms. The molecule has 2 amide bonds. The van der Waals surface area contributed by atoms with Gasteiger partial charge in [-0.25, -0.2) is 5.10 Å². The molecule has 0 radical (unpaired) electrons. The SMILES string of the molecule is CCOC(=O)CCC(=O)NCCNC(=O)c1ccc(=O)[nH]n1. The minimum Gasteiger partial charge on any atom is -0.466 e. The van der Waals surface area contributed by atoms with Gasteiger partial charge in [-0.15, -0.1) is 0 Å². The van der Waals surface area contributed by atoms with Gasteiger partial charge in [0.1, 0.15) is 5.69 Å². The second-order valence-electron chi connectivity index (χ2n) is 4.22. The van der Waals surface area contributed by atoms with Gasteiger partial charge in [-0.3, -0.25) is 19.2 Å². The molecule has 0 bridgehead atoms. The highest BCUT2D eigenvalue weighted by atomic mass is 16.5. The summed E-state index contributed by atoms with van der Waals surface area (Å²) in [6.07, 6.45) is 0.0571. The van der Waals surface area contributed by atoms with Crippen LogP contribution in [0.1, 0.15) is 30.3 Å². The Morgan fingerprint density at radius 3 is 2.55 bits per heavy atom. The van der Waals surface area contributed by atoms with Crippen LogP contribution in [0.3, 0.4) is 0 Å². The van der Waals surface area contributed by atoms with Crippen molar-refractivity contribution < 1.29 is 19.1 Å². The van der Waals surface area contributed by atoms with Gasteiger partial charge in [0, 0.05) is 25.6 Å². The highest BCUT2D eigenvalue weighted by Gasteiger charge is 2.08. The first kappa shape index (κ1) is 17.3. The number of nitrogens with zero attached hydrogens (tertiary/aromatic N) is 1. The predicted molar refractivity (Wildman–Crippen MR) is 76.1 cm³/mol. The van der Waals surface area contributed by atoms with E-state index < -0.39 is 17.4 Å². The van der Waals surface area contributed by atoms with Crippen LogP contribution in [0.2, 0.25) is 0 Å². The molecule has 9 nitrogen and oxygen atoms in total. The van der Waals surface area contributed by atoms with Crippen molar-refractivity contribution in [3.05, 3.63) is 28.2 Å². The molecule has 3 N–H and O–H groups in total. The van der Waals surface area contributed by atoms with Crippen molar-refractivity contribution in [1.82, 2.24) is 20.8 Å². The van der Waals surface area contributed by atoms with Gasteiger partial charge >= 0.3 is 5.97 Å². The number of aromatic nitrogens is 2. The molecule has 0 aliphatic rings. The lowest BCUT2D eigenvalue weighted by molar-refractivity contribution is -0.144. The van der Waals surface area contributed by atoms with E-state index in [-0.39, 0.29) is 44.1 Å². The zero-order valence-electron chi connectivity index (χ0n) is 12.2. The number of amides is 2. The minimum atomic E-state index is -0.461. The molecule has 0 atom stereocenters. The van der Waals surface area contributed by atoms with Crippen molar-refractivity contribution in [2.75, 3.05) is 19.7 Å². The van der Waals surface area contributed by atoms with Gasteiger partial charge in [0.25, 0.3) is 11.5 Å². The Kier molecular flexibility index (Phi) is 7.31. The Labute approximate surface area is 126 Å². The molecule has 0 fully saturated rings. The molecule has 1 aromatic heterocycles. The largest absolute Gasteiger partial charge is 0.466 e. The van der Waals surface area contributed by atoms with Crippen LogP contribution in [0.15, 0.2) is 16.9 Å². The van der Waals surface area contributed by atoms with Gasteiger partial charge < -0.3 is 15.4 Å². The molecular formula is C13H18N4O5. The highest BCUT2D eigenvalue weighted by molar-refractivity contribution is 5.92. The summed E-state index contributed by atoms with van der Waals surface area (Å²) in [5, 5.41) is 10.8. The number of carbonyl (C=O) groups excluding carboxylic acids is 3. The first-order chi connectivity index (χ1) is 10.5. The Morgan fingerprint density at radius 1 is 1.18 bits per heavy atom. The van der Waals surface area contributed by atoms with E-state index in [1.165, 1.54) is 12.1 Å². The Hall–Kier alpha value is -2.71. The van der Waals surface area contributed by atoms with E-state index in [4.69, 9.17) is 4.74 Å². The summed E-state index contributed by atoms with van der Waals surface area (Å²) in [5.74, 6) is -1.18. The highest BCUT2D eigenvalue weighted by Crippen LogP contribution is 1.92. The number of H-pyrrole nitrogens is 1. The van der Waals surface area contributed by atoms with E-state index in [0.717, 1.165) is 0 Å². The average Bonchev–Trinajstić information content (AvgIpc) is 2.50. The molecule has 0 saturated carbocycles. The second-order valence-corrected chi connectivity index (χ2v) is 4.22. The van der Waals surface area contributed by atoms with Gasteiger partial charge in [0.05, 0.1) is 13.0 Å². The maximum atomic E-state index is 11.6. The van der Waals surface area contributed by atoms with Gasteiger partial charge in [-0.1, -0.05) is 0 Å². The number of esters is 1. The van der Waals surface area contributed by atoms with Crippen LogP contribution in [0.5, 0.6) is 0 Å². The Morgan fingerprint density at radius 2 is 1.91 bits per heavy atom. The van der Waals surface area contributed by atoms with E-state index in [1.54, 1.807) is 6.92 Å². The van der Waals surface area contributed by atoms with Gasteiger partial charge in [-0.2, -0.15) is 5.10 Å². The number of aromatic amines is 1. The van der Waals surface area contributed by atoms with E-state index in [9.17, 15) is 19.2 Å². The maximum Gasteiger partial charge on any atom is 0.306 e.